The molecule has 0 aliphatic heterocycles. The highest BCUT2D eigenvalue weighted by Crippen LogP contribution is 2.45. The number of benzene rings is 2. The van der Waals surface area contributed by atoms with Crippen molar-refractivity contribution in [1.82, 2.24) is 0 Å². The summed E-state index contributed by atoms with van der Waals surface area (Å²) < 4.78 is 26.0. The van der Waals surface area contributed by atoms with Crippen LogP contribution < -0.4 is 0 Å². The molecule has 4 heteroatoms. The Morgan fingerprint density at radius 1 is 0.591 bits per heavy atom. The molecule has 2 aromatic carbocycles. The zero-order chi connectivity index (χ0) is 15.8. The molecule has 1 aliphatic rings. The molecule has 0 heterocycles. The van der Waals surface area contributed by atoms with E-state index >= 15 is 0 Å². The van der Waals surface area contributed by atoms with Crippen LogP contribution in [0.1, 0.15) is 36.8 Å². The van der Waals surface area contributed by atoms with Crippen LogP contribution >= 0.6 is 0 Å². The summed E-state index contributed by atoms with van der Waals surface area (Å²) >= 11 is 0. The molecular formula is C18H18F2O2. The van der Waals surface area contributed by atoms with Crippen LogP contribution in [0.3, 0.4) is 0 Å². The molecule has 1 aliphatic carbocycles. The number of hydrogen-bond acceptors (Lipinski definition) is 2. The second kappa shape index (κ2) is 5.45. The largest absolute Gasteiger partial charge is 0.385 e. The van der Waals surface area contributed by atoms with Crippen LogP contribution in [0.25, 0.3) is 0 Å². The maximum absolute atomic E-state index is 13.0. The van der Waals surface area contributed by atoms with Crippen molar-refractivity contribution in [2.75, 3.05) is 0 Å². The molecule has 0 saturated heterocycles. The minimum absolute atomic E-state index is 0.342. The summed E-state index contributed by atoms with van der Waals surface area (Å²) in [6, 6.07) is 11.6. The lowest BCUT2D eigenvalue weighted by molar-refractivity contribution is -0.0883. The van der Waals surface area contributed by atoms with Crippen LogP contribution in [-0.2, 0) is 11.2 Å². The number of aliphatic hydroxyl groups is 2. The Kier molecular flexibility index (Phi) is 3.75. The van der Waals surface area contributed by atoms with E-state index in [0.717, 1.165) is 0 Å². The Morgan fingerprint density at radius 3 is 1.14 bits per heavy atom. The first-order valence-corrected chi connectivity index (χ1v) is 7.38. The van der Waals surface area contributed by atoms with Gasteiger partial charge in [-0.3, -0.25) is 0 Å². The average Bonchev–Trinajstić information content (AvgIpc) is 2.52. The Labute approximate surface area is 128 Å². The number of hydrogen-bond donors (Lipinski definition) is 2. The molecule has 0 bridgehead atoms. The van der Waals surface area contributed by atoms with Gasteiger partial charge in [0.15, 0.2) is 0 Å². The summed E-state index contributed by atoms with van der Waals surface area (Å²) in [7, 11) is 0. The molecule has 0 unspecified atom stereocenters. The van der Waals surface area contributed by atoms with E-state index in [4.69, 9.17) is 0 Å². The van der Waals surface area contributed by atoms with Crippen molar-refractivity contribution in [2.24, 2.45) is 0 Å². The number of rotatable bonds is 2. The summed E-state index contributed by atoms with van der Waals surface area (Å²) in [6.07, 6.45) is 1.47. The fourth-order valence-corrected chi connectivity index (χ4v) is 3.17. The van der Waals surface area contributed by atoms with E-state index in [1.807, 2.05) is 0 Å². The predicted octanol–water partition coefficient (Wildman–Crippen LogP) is 3.61. The van der Waals surface area contributed by atoms with Crippen molar-refractivity contribution >= 4 is 0 Å². The first-order valence-electron chi connectivity index (χ1n) is 7.38. The highest BCUT2D eigenvalue weighted by Gasteiger charge is 2.42. The van der Waals surface area contributed by atoms with E-state index in [9.17, 15) is 19.0 Å². The average molecular weight is 304 g/mol. The van der Waals surface area contributed by atoms with Crippen LogP contribution in [-0.4, -0.2) is 10.2 Å². The molecule has 22 heavy (non-hydrogen) atoms. The molecule has 0 spiro atoms. The van der Waals surface area contributed by atoms with E-state index in [1.54, 1.807) is 24.3 Å². The maximum atomic E-state index is 13.0. The first kappa shape index (κ1) is 15.1. The molecule has 3 rings (SSSR count). The lowest BCUT2D eigenvalue weighted by atomic mass is 9.70. The van der Waals surface area contributed by atoms with E-state index in [1.165, 1.54) is 24.3 Å². The lowest BCUT2D eigenvalue weighted by Crippen LogP contribution is -2.39. The van der Waals surface area contributed by atoms with E-state index in [2.05, 4.69) is 0 Å². The Balaban J connectivity index is 1.79. The summed E-state index contributed by atoms with van der Waals surface area (Å²) in [6.45, 7) is 0. The van der Waals surface area contributed by atoms with E-state index in [-0.39, 0.29) is 11.6 Å². The summed E-state index contributed by atoms with van der Waals surface area (Å²) in [5, 5.41) is 21.5. The zero-order valence-electron chi connectivity index (χ0n) is 12.1. The van der Waals surface area contributed by atoms with Gasteiger partial charge in [-0.25, -0.2) is 8.78 Å². The van der Waals surface area contributed by atoms with Crippen LogP contribution in [0, 0.1) is 11.6 Å². The van der Waals surface area contributed by atoms with Gasteiger partial charge < -0.3 is 10.2 Å². The number of halogens is 2. The van der Waals surface area contributed by atoms with Crippen LogP contribution in [0.2, 0.25) is 0 Å². The van der Waals surface area contributed by atoms with Crippen molar-refractivity contribution in [3.63, 3.8) is 0 Å². The molecule has 0 amide bonds. The quantitative estimate of drug-likeness (QED) is 0.889. The Bertz CT molecular complexity index is 582. The molecule has 1 fully saturated rings. The second-order valence-corrected chi connectivity index (χ2v) is 6.08. The van der Waals surface area contributed by atoms with Crippen LogP contribution in [0.4, 0.5) is 8.78 Å². The monoisotopic (exact) mass is 304 g/mol. The lowest BCUT2D eigenvalue weighted by Gasteiger charge is -2.41. The zero-order valence-corrected chi connectivity index (χ0v) is 12.1. The minimum atomic E-state index is -1.06. The van der Waals surface area contributed by atoms with Gasteiger partial charge in [-0.15, -0.1) is 0 Å². The van der Waals surface area contributed by atoms with Crippen molar-refractivity contribution < 1.29 is 19.0 Å². The molecule has 0 radical (unpaired) electrons. The third-order valence-electron chi connectivity index (χ3n) is 4.67. The van der Waals surface area contributed by atoms with Crippen molar-refractivity contribution in [3.8, 4) is 0 Å². The molecule has 0 atom stereocenters. The van der Waals surface area contributed by atoms with Gasteiger partial charge in [0, 0.05) is 0 Å². The van der Waals surface area contributed by atoms with E-state index in [0.29, 0.717) is 36.8 Å². The SMILES string of the molecule is OC1(c2ccc(F)cc2)CCC(O)(c2ccc(F)cc2)CC1. The minimum Gasteiger partial charge on any atom is -0.385 e. The maximum Gasteiger partial charge on any atom is 0.123 e. The summed E-state index contributed by atoms with van der Waals surface area (Å²) in [5.41, 5.74) is -0.787. The summed E-state index contributed by atoms with van der Waals surface area (Å²) in [4.78, 5) is 0. The van der Waals surface area contributed by atoms with Crippen molar-refractivity contribution in [3.05, 3.63) is 71.3 Å². The van der Waals surface area contributed by atoms with Crippen molar-refractivity contribution in [2.45, 2.75) is 36.9 Å². The second-order valence-electron chi connectivity index (χ2n) is 6.08. The molecule has 1 saturated carbocycles. The molecule has 0 aromatic heterocycles. The van der Waals surface area contributed by atoms with Gasteiger partial charge in [-0.05, 0) is 61.1 Å². The molecule has 116 valence electrons. The molecule has 2 aromatic rings. The topological polar surface area (TPSA) is 40.5 Å². The predicted molar refractivity (Wildman–Crippen MR) is 79.1 cm³/mol. The third-order valence-corrected chi connectivity index (χ3v) is 4.67. The van der Waals surface area contributed by atoms with Gasteiger partial charge in [-0.1, -0.05) is 24.3 Å². The standard InChI is InChI=1S/C18H18F2O2/c19-15-5-1-13(2-6-15)17(21)9-11-18(22,12-10-17)14-3-7-16(20)8-4-14/h1-8,21-22H,9-12H2. The Hall–Kier alpha value is -1.78. The molecule has 2 nitrogen and oxygen atoms in total. The van der Waals surface area contributed by atoms with Gasteiger partial charge in [0.2, 0.25) is 0 Å². The third kappa shape index (κ3) is 2.76. The normalized spacial score (nSPS) is 28.5. The fourth-order valence-electron chi connectivity index (χ4n) is 3.17. The van der Waals surface area contributed by atoms with Gasteiger partial charge >= 0.3 is 0 Å². The molecular weight excluding hydrogens is 286 g/mol. The first-order chi connectivity index (χ1) is 10.4. The smallest absolute Gasteiger partial charge is 0.123 e. The highest BCUT2D eigenvalue weighted by molar-refractivity contribution is 5.28. The van der Waals surface area contributed by atoms with E-state index < -0.39 is 11.2 Å². The van der Waals surface area contributed by atoms with Crippen LogP contribution in [0.15, 0.2) is 48.5 Å². The van der Waals surface area contributed by atoms with Gasteiger partial charge in [0.05, 0.1) is 11.2 Å². The van der Waals surface area contributed by atoms with Crippen molar-refractivity contribution in [1.29, 1.82) is 0 Å². The summed E-state index contributed by atoms with van der Waals surface area (Å²) in [5.74, 6) is -0.683. The fraction of sp³-hybridized carbons (Fsp3) is 0.333. The Morgan fingerprint density at radius 2 is 0.864 bits per heavy atom. The van der Waals surface area contributed by atoms with Gasteiger partial charge in [0.25, 0.3) is 0 Å². The van der Waals surface area contributed by atoms with Crippen LogP contribution in [0.5, 0.6) is 0 Å². The van der Waals surface area contributed by atoms with Gasteiger partial charge in [-0.2, -0.15) is 0 Å². The van der Waals surface area contributed by atoms with Gasteiger partial charge in [0.1, 0.15) is 11.6 Å². The molecule has 2 N–H and O–H groups in total. The highest BCUT2D eigenvalue weighted by atomic mass is 19.1.